The molecule has 1 aliphatic heterocycles. The van der Waals surface area contributed by atoms with Crippen LogP contribution in [0.3, 0.4) is 0 Å². The average Bonchev–Trinajstić information content (AvgIpc) is 2.58. The van der Waals surface area contributed by atoms with Crippen molar-refractivity contribution in [3.05, 3.63) is 12.2 Å². The molecule has 6 N–H and O–H groups in total. The van der Waals surface area contributed by atoms with Crippen LogP contribution in [0.5, 0.6) is 0 Å². The smallest absolute Gasteiger partial charge is 0.187 e. The molecule has 1 saturated carbocycles. The first-order valence-corrected chi connectivity index (χ1v) is 9.48. The number of hydrogen-bond acceptors (Lipinski definition) is 8. The van der Waals surface area contributed by atoms with Crippen molar-refractivity contribution in [3.63, 3.8) is 0 Å². The Morgan fingerprint density at radius 1 is 1.15 bits per heavy atom. The molecule has 0 aromatic carbocycles. The van der Waals surface area contributed by atoms with Crippen molar-refractivity contribution in [2.45, 2.75) is 89.1 Å². The summed E-state index contributed by atoms with van der Waals surface area (Å²) in [6.45, 7) is 6.86. The molecule has 0 radical (unpaired) electrons. The Hall–Kier alpha value is -0.580. The molecule has 2 aliphatic rings. The molecule has 2 rings (SSSR count). The summed E-state index contributed by atoms with van der Waals surface area (Å²) >= 11 is 0. The van der Waals surface area contributed by atoms with Crippen LogP contribution in [0, 0.1) is 11.3 Å². The second kappa shape index (κ2) is 8.42. The average molecular weight is 390 g/mol. The van der Waals surface area contributed by atoms with Gasteiger partial charge in [-0.25, -0.2) is 0 Å². The third kappa shape index (κ3) is 4.54. The lowest BCUT2D eigenvalue weighted by Crippen LogP contribution is -2.59. The molecule has 8 heteroatoms. The first-order valence-electron chi connectivity index (χ1n) is 9.48. The number of aliphatic hydroxyl groups is 6. The Morgan fingerprint density at radius 3 is 2.33 bits per heavy atom. The van der Waals surface area contributed by atoms with Crippen LogP contribution in [0.2, 0.25) is 0 Å². The second-order valence-corrected chi connectivity index (χ2v) is 8.60. The molecule has 0 aromatic heterocycles. The van der Waals surface area contributed by atoms with E-state index in [-0.39, 0.29) is 5.92 Å². The number of aliphatic hydroxyl groups excluding tert-OH is 5. The highest BCUT2D eigenvalue weighted by molar-refractivity contribution is 5.15. The molecule has 1 saturated heterocycles. The van der Waals surface area contributed by atoms with Crippen LogP contribution in [0.1, 0.15) is 40.5 Å². The van der Waals surface area contributed by atoms with E-state index in [1.54, 1.807) is 19.1 Å². The van der Waals surface area contributed by atoms with Crippen LogP contribution in [-0.4, -0.2) is 85.8 Å². The van der Waals surface area contributed by atoms with Crippen LogP contribution in [-0.2, 0) is 9.47 Å². The fourth-order valence-electron chi connectivity index (χ4n) is 4.20. The molecule has 0 aromatic rings. The van der Waals surface area contributed by atoms with Crippen molar-refractivity contribution >= 4 is 0 Å². The molecule has 2 fully saturated rings. The summed E-state index contributed by atoms with van der Waals surface area (Å²) in [6, 6.07) is 0. The van der Waals surface area contributed by atoms with Gasteiger partial charge in [0.1, 0.15) is 24.4 Å². The zero-order valence-corrected chi connectivity index (χ0v) is 16.4. The van der Waals surface area contributed by atoms with Crippen LogP contribution in [0.25, 0.3) is 0 Å². The largest absolute Gasteiger partial charge is 0.394 e. The van der Waals surface area contributed by atoms with Crippen LogP contribution in [0.15, 0.2) is 12.2 Å². The summed E-state index contributed by atoms with van der Waals surface area (Å²) in [5, 5.41) is 60.1. The third-order valence-corrected chi connectivity index (χ3v) is 6.03. The molecule has 0 amide bonds. The Morgan fingerprint density at radius 2 is 1.78 bits per heavy atom. The van der Waals surface area contributed by atoms with Crippen molar-refractivity contribution in [3.8, 4) is 0 Å². The lowest BCUT2D eigenvalue weighted by molar-refractivity contribution is -0.306. The minimum absolute atomic E-state index is 0.160. The van der Waals surface area contributed by atoms with E-state index in [2.05, 4.69) is 0 Å². The normalized spacial score (nSPS) is 46.5. The summed E-state index contributed by atoms with van der Waals surface area (Å²) in [5.74, 6) is -0.160. The first kappa shape index (κ1) is 22.7. The van der Waals surface area contributed by atoms with Crippen molar-refractivity contribution in [2.24, 2.45) is 11.3 Å². The Bertz CT molecular complexity index is 522. The highest BCUT2D eigenvalue weighted by Crippen LogP contribution is 2.48. The third-order valence-electron chi connectivity index (χ3n) is 6.03. The van der Waals surface area contributed by atoms with Gasteiger partial charge in [-0.1, -0.05) is 32.9 Å². The van der Waals surface area contributed by atoms with E-state index in [9.17, 15) is 30.6 Å². The maximum absolute atomic E-state index is 11.2. The zero-order valence-electron chi connectivity index (χ0n) is 16.4. The topological polar surface area (TPSA) is 140 Å². The van der Waals surface area contributed by atoms with Gasteiger partial charge in [0.15, 0.2) is 6.29 Å². The molecule has 27 heavy (non-hydrogen) atoms. The standard InChI is InChI=1S/C19H34O8/c1-10-7-12(21)8-18(3,4)19(10,25)6-5-11(2)26-17-16(24)15(23)14(22)13(9-20)27-17/h5-6,10-17,20-25H,7-9H2,1-4H3/b6-5+/t10-,11+,12+,13-,14-,15+,16-,17-,19-/m0/s1. The molecule has 158 valence electrons. The van der Waals surface area contributed by atoms with Gasteiger partial charge < -0.3 is 40.1 Å². The summed E-state index contributed by atoms with van der Waals surface area (Å²) in [7, 11) is 0. The van der Waals surface area contributed by atoms with Gasteiger partial charge in [0, 0.05) is 0 Å². The van der Waals surface area contributed by atoms with Gasteiger partial charge in [0.05, 0.1) is 24.4 Å². The summed E-state index contributed by atoms with van der Waals surface area (Å²) in [6.07, 6.45) is -3.42. The number of hydrogen-bond donors (Lipinski definition) is 6. The van der Waals surface area contributed by atoms with Crippen molar-refractivity contribution < 1.29 is 40.1 Å². The minimum Gasteiger partial charge on any atom is -0.394 e. The predicted molar refractivity (Wildman–Crippen MR) is 96.6 cm³/mol. The first-order chi connectivity index (χ1) is 12.4. The highest BCUT2D eigenvalue weighted by Gasteiger charge is 2.50. The van der Waals surface area contributed by atoms with E-state index in [1.165, 1.54) is 0 Å². The van der Waals surface area contributed by atoms with Gasteiger partial charge in [-0.2, -0.15) is 0 Å². The van der Waals surface area contributed by atoms with Gasteiger partial charge >= 0.3 is 0 Å². The molecule has 8 nitrogen and oxygen atoms in total. The Kier molecular flexibility index (Phi) is 7.08. The summed E-state index contributed by atoms with van der Waals surface area (Å²) in [4.78, 5) is 0. The van der Waals surface area contributed by atoms with E-state index >= 15 is 0 Å². The zero-order chi connectivity index (χ0) is 20.6. The Balaban J connectivity index is 2.07. The van der Waals surface area contributed by atoms with Crippen LogP contribution >= 0.6 is 0 Å². The van der Waals surface area contributed by atoms with E-state index in [0.717, 1.165) is 0 Å². The second-order valence-electron chi connectivity index (χ2n) is 8.60. The SMILES string of the molecule is C[C@H](/C=C/[C@]1(O)[C@@H](C)C[C@@H](O)CC1(C)C)O[C@H]1O[C@@H](CO)[C@H](O)[C@@H](O)[C@@H]1O. The maximum Gasteiger partial charge on any atom is 0.187 e. The quantitative estimate of drug-likeness (QED) is 0.339. The molecule has 1 heterocycles. The maximum atomic E-state index is 11.2. The molecule has 0 bridgehead atoms. The number of rotatable bonds is 5. The van der Waals surface area contributed by atoms with Crippen LogP contribution < -0.4 is 0 Å². The lowest BCUT2D eigenvalue weighted by Gasteiger charge is -2.50. The molecule has 9 atom stereocenters. The highest BCUT2D eigenvalue weighted by atomic mass is 16.7. The summed E-state index contributed by atoms with van der Waals surface area (Å²) in [5.41, 5.74) is -1.68. The van der Waals surface area contributed by atoms with E-state index < -0.39 is 60.5 Å². The van der Waals surface area contributed by atoms with E-state index in [1.807, 2.05) is 20.8 Å². The van der Waals surface area contributed by atoms with Crippen molar-refractivity contribution in [1.82, 2.24) is 0 Å². The van der Waals surface area contributed by atoms with E-state index in [4.69, 9.17) is 9.47 Å². The van der Waals surface area contributed by atoms with E-state index in [0.29, 0.717) is 12.8 Å². The van der Waals surface area contributed by atoms with Crippen molar-refractivity contribution in [2.75, 3.05) is 6.61 Å². The fraction of sp³-hybridized carbons (Fsp3) is 0.895. The van der Waals surface area contributed by atoms with Crippen molar-refractivity contribution in [1.29, 1.82) is 0 Å². The molecule has 0 spiro atoms. The van der Waals surface area contributed by atoms with Gasteiger partial charge in [0.25, 0.3) is 0 Å². The molecular weight excluding hydrogens is 356 g/mol. The van der Waals surface area contributed by atoms with Gasteiger partial charge in [-0.05, 0) is 31.1 Å². The predicted octanol–water partition coefficient (Wildman–Crippen LogP) is -0.704. The van der Waals surface area contributed by atoms with Gasteiger partial charge in [-0.3, -0.25) is 0 Å². The van der Waals surface area contributed by atoms with Gasteiger partial charge in [-0.15, -0.1) is 0 Å². The molecule has 1 aliphatic carbocycles. The molecular formula is C19H34O8. The lowest BCUT2D eigenvalue weighted by atomic mass is 9.60. The van der Waals surface area contributed by atoms with Crippen LogP contribution in [0.4, 0.5) is 0 Å². The summed E-state index contributed by atoms with van der Waals surface area (Å²) < 4.78 is 10.9. The fourth-order valence-corrected chi connectivity index (χ4v) is 4.20. The minimum atomic E-state index is -1.50. The number of ether oxygens (including phenoxy) is 2. The molecule has 0 unspecified atom stereocenters. The Labute approximate surface area is 160 Å². The van der Waals surface area contributed by atoms with Gasteiger partial charge in [0.2, 0.25) is 0 Å². The monoisotopic (exact) mass is 390 g/mol.